The normalized spacial score (nSPS) is 10.8. The molecular weight excluding hydrogens is 280 g/mol. The smallest absolute Gasteiger partial charge is 0.185 e. The summed E-state index contributed by atoms with van der Waals surface area (Å²) in [6, 6.07) is 9.38. The lowest BCUT2D eigenvalue weighted by Gasteiger charge is -2.09. The van der Waals surface area contributed by atoms with Crippen LogP contribution in [-0.4, -0.2) is 22.6 Å². The molecule has 0 aliphatic rings. The molecule has 114 valence electrons. The number of benzene rings is 2. The number of rotatable bonds is 5. The van der Waals surface area contributed by atoms with E-state index in [0.717, 1.165) is 5.56 Å². The summed E-state index contributed by atoms with van der Waals surface area (Å²) in [6.45, 7) is 4.10. The van der Waals surface area contributed by atoms with Crippen molar-refractivity contribution < 1.29 is 19.7 Å². The van der Waals surface area contributed by atoms with Crippen molar-refractivity contribution in [2.24, 2.45) is 0 Å². The highest BCUT2D eigenvalue weighted by atomic mass is 16.5. The highest BCUT2D eigenvalue weighted by molar-refractivity contribution is 6.07. The van der Waals surface area contributed by atoms with Crippen molar-refractivity contribution in [2.45, 2.75) is 13.8 Å². The molecule has 0 amide bonds. The Bertz CT molecular complexity index is 700. The van der Waals surface area contributed by atoms with Crippen molar-refractivity contribution in [1.82, 2.24) is 0 Å². The number of aryl methyl sites for hydroxylation is 1. The third-order valence-electron chi connectivity index (χ3n) is 3.19. The van der Waals surface area contributed by atoms with Crippen LogP contribution in [0.15, 0.2) is 42.5 Å². The molecule has 0 atom stereocenters. The van der Waals surface area contributed by atoms with Gasteiger partial charge in [0.2, 0.25) is 0 Å². The van der Waals surface area contributed by atoms with Gasteiger partial charge in [0.15, 0.2) is 5.78 Å². The topological polar surface area (TPSA) is 66.8 Å². The molecule has 2 rings (SSSR count). The monoisotopic (exact) mass is 298 g/mol. The maximum absolute atomic E-state index is 12.1. The number of ether oxygens (including phenoxy) is 1. The van der Waals surface area contributed by atoms with Gasteiger partial charge in [-0.15, -0.1) is 0 Å². The fourth-order valence-electron chi connectivity index (χ4n) is 2.00. The van der Waals surface area contributed by atoms with Crippen LogP contribution in [-0.2, 0) is 0 Å². The maximum Gasteiger partial charge on any atom is 0.185 e. The van der Waals surface area contributed by atoms with E-state index in [-0.39, 0.29) is 17.3 Å². The molecule has 0 aliphatic heterocycles. The van der Waals surface area contributed by atoms with E-state index in [9.17, 15) is 15.0 Å². The van der Waals surface area contributed by atoms with Crippen molar-refractivity contribution >= 4 is 11.9 Å². The standard InChI is InChI=1S/C18H18O4/c1-3-22-18-11-17(21)12(2)10-14(18)6-9-16(20)13-4-7-15(19)8-5-13/h4-11,19,21H,3H2,1-2H3/b9-6+. The Morgan fingerprint density at radius 2 is 1.86 bits per heavy atom. The molecule has 2 N–H and O–H groups in total. The van der Waals surface area contributed by atoms with Gasteiger partial charge in [-0.25, -0.2) is 0 Å². The van der Waals surface area contributed by atoms with Gasteiger partial charge in [0.1, 0.15) is 17.2 Å². The zero-order chi connectivity index (χ0) is 16.1. The van der Waals surface area contributed by atoms with Gasteiger partial charge in [-0.1, -0.05) is 0 Å². The number of aromatic hydroxyl groups is 2. The minimum absolute atomic E-state index is 0.119. The van der Waals surface area contributed by atoms with Crippen molar-refractivity contribution in [2.75, 3.05) is 6.61 Å². The Morgan fingerprint density at radius 1 is 1.18 bits per heavy atom. The average molecular weight is 298 g/mol. The number of hydrogen-bond donors (Lipinski definition) is 2. The number of phenols is 2. The first-order valence-electron chi connectivity index (χ1n) is 6.99. The second kappa shape index (κ2) is 6.80. The van der Waals surface area contributed by atoms with E-state index in [0.29, 0.717) is 23.5 Å². The van der Waals surface area contributed by atoms with Crippen LogP contribution in [0.1, 0.15) is 28.4 Å². The molecular formula is C18H18O4. The van der Waals surface area contributed by atoms with Gasteiger partial charge in [-0.2, -0.15) is 0 Å². The predicted molar refractivity (Wildman–Crippen MR) is 85.5 cm³/mol. The van der Waals surface area contributed by atoms with E-state index in [1.165, 1.54) is 18.2 Å². The molecule has 0 saturated carbocycles. The van der Waals surface area contributed by atoms with E-state index in [2.05, 4.69) is 0 Å². The summed E-state index contributed by atoms with van der Waals surface area (Å²) in [6.07, 6.45) is 3.10. The molecule has 0 unspecified atom stereocenters. The van der Waals surface area contributed by atoms with Crippen LogP contribution in [0.25, 0.3) is 6.08 Å². The lowest BCUT2D eigenvalue weighted by Crippen LogP contribution is -1.96. The van der Waals surface area contributed by atoms with E-state index < -0.39 is 0 Å². The molecule has 0 heterocycles. The van der Waals surface area contributed by atoms with Crippen LogP contribution in [0, 0.1) is 6.92 Å². The summed E-state index contributed by atoms with van der Waals surface area (Å²) >= 11 is 0. The molecule has 0 bridgehead atoms. The molecule has 0 aliphatic carbocycles. The molecule has 4 heteroatoms. The van der Waals surface area contributed by atoms with Crippen molar-refractivity contribution in [3.63, 3.8) is 0 Å². The first-order valence-corrected chi connectivity index (χ1v) is 6.99. The molecule has 2 aromatic rings. The van der Waals surface area contributed by atoms with Crippen molar-refractivity contribution in [3.05, 3.63) is 59.2 Å². The van der Waals surface area contributed by atoms with Crippen molar-refractivity contribution in [3.8, 4) is 17.2 Å². The van der Waals surface area contributed by atoms with Crippen LogP contribution in [0.3, 0.4) is 0 Å². The van der Waals surface area contributed by atoms with Gasteiger partial charge in [0.05, 0.1) is 6.61 Å². The van der Waals surface area contributed by atoms with Crippen LogP contribution >= 0.6 is 0 Å². The summed E-state index contributed by atoms with van der Waals surface area (Å²) in [4.78, 5) is 12.1. The van der Waals surface area contributed by atoms with Gasteiger partial charge in [-0.3, -0.25) is 4.79 Å². The van der Waals surface area contributed by atoms with Gasteiger partial charge in [0.25, 0.3) is 0 Å². The SMILES string of the molecule is CCOc1cc(O)c(C)cc1/C=C/C(=O)c1ccc(O)cc1. The lowest BCUT2D eigenvalue weighted by molar-refractivity contribution is 0.104. The predicted octanol–water partition coefficient (Wildman–Crippen LogP) is 3.70. The van der Waals surface area contributed by atoms with Gasteiger partial charge >= 0.3 is 0 Å². The number of ketones is 1. The van der Waals surface area contributed by atoms with Crippen LogP contribution in [0.2, 0.25) is 0 Å². The summed E-state index contributed by atoms with van der Waals surface area (Å²) in [5.41, 5.74) is 1.92. The quantitative estimate of drug-likeness (QED) is 0.652. The average Bonchev–Trinajstić information content (AvgIpc) is 2.50. The lowest BCUT2D eigenvalue weighted by atomic mass is 10.1. The second-order valence-corrected chi connectivity index (χ2v) is 4.85. The second-order valence-electron chi connectivity index (χ2n) is 4.85. The summed E-state index contributed by atoms with van der Waals surface area (Å²) in [7, 11) is 0. The fraction of sp³-hybridized carbons (Fsp3) is 0.167. The summed E-state index contributed by atoms with van der Waals surface area (Å²) in [5.74, 6) is 0.632. The molecule has 0 radical (unpaired) electrons. The number of carbonyl (C=O) groups is 1. The molecule has 0 fully saturated rings. The zero-order valence-corrected chi connectivity index (χ0v) is 12.5. The van der Waals surface area contributed by atoms with Crippen molar-refractivity contribution in [1.29, 1.82) is 0 Å². The summed E-state index contributed by atoms with van der Waals surface area (Å²) in [5, 5.41) is 19.0. The number of allylic oxidation sites excluding steroid dienone is 1. The largest absolute Gasteiger partial charge is 0.508 e. The van der Waals surface area contributed by atoms with E-state index >= 15 is 0 Å². The highest BCUT2D eigenvalue weighted by Crippen LogP contribution is 2.29. The first kappa shape index (κ1) is 15.6. The Labute approximate surface area is 129 Å². The third kappa shape index (κ3) is 3.67. The van der Waals surface area contributed by atoms with Gasteiger partial charge in [0, 0.05) is 17.2 Å². The van der Waals surface area contributed by atoms with Crippen LogP contribution in [0.4, 0.5) is 0 Å². The van der Waals surface area contributed by atoms with Gasteiger partial charge < -0.3 is 14.9 Å². The zero-order valence-electron chi connectivity index (χ0n) is 12.5. The van der Waals surface area contributed by atoms with Crippen LogP contribution in [0.5, 0.6) is 17.2 Å². The molecule has 4 nitrogen and oxygen atoms in total. The summed E-state index contributed by atoms with van der Waals surface area (Å²) < 4.78 is 5.47. The Morgan fingerprint density at radius 3 is 2.50 bits per heavy atom. The highest BCUT2D eigenvalue weighted by Gasteiger charge is 2.07. The number of phenolic OH excluding ortho intramolecular Hbond substituents is 2. The molecule has 22 heavy (non-hydrogen) atoms. The van der Waals surface area contributed by atoms with E-state index in [1.54, 1.807) is 37.3 Å². The Hall–Kier alpha value is -2.75. The van der Waals surface area contributed by atoms with E-state index in [4.69, 9.17) is 4.74 Å². The molecule has 0 aromatic heterocycles. The third-order valence-corrected chi connectivity index (χ3v) is 3.19. The van der Waals surface area contributed by atoms with Gasteiger partial charge in [-0.05, 0) is 61.9 Å². The fourth-order valence-corrected chi connectivity index (χ4v) is 2.00. The maximum atomic E-state index is 12.1. The number of carbonyl (C=O) groups excluding carboxylic acids is 1. The van der Waals surface area contributed by atoms with Crippen LogP contribution < -0.4 is 4.74 Å². The first-order chi connectivity index (χ1) is 10.5. The Kier molecular flexibility index (Phi) is 4.84. The minimum atomic E-state index is -0.173. The molecule has 2 aromatic carbocycles. The minimum Gasteiger partial charge on any atom is -0.508 e. The molecule has 0 spiro atoms. The van der Waals surface area contributed by atoms with E-state index in [1.807, 2.05) is 6.92 Å². The molecule has 0 saturated heterocycles. The number of hydrogen-bond acceptors (Lipinski definition) is 4. The Balaban J connectivity index is 2.27.